The molecule has 2 aromatic carbocycles. The van der Waals surface area contributed by atoms with Crippen LogP contribution in [0.4, 0.5) is 13.2 Å². The van der Waals surface area contributed by atoms with Crippen LogP contribution in [0.2, 0.25) is 5.02 Å². The summed E-state index contributed by atoms with van der Waals surface area (Å²) < 4.78 is 61.9. The van der Waals surface area contributed by atoms with Crippen LogP contribution in [0.1, 0.15) is 15.9 Å². The summed E-state index contributed by atoms with van der Waals surface area (Å²) in [6.07, 6.45) is -4.68. The Hall–Kier alpha value is -2.10. The van der Waals surface area contributed by atoms with Crippen LogP contribution in [0.3, 0.4) is 0 Å². The molecule has 0 bridgehead atoms. The van der Waals surface area contributed by atoms with Crippen molar-refractivity contribution in [3.63, 3.8) is 0 Å². The van der Waals surface area contributed by atoms with Gasteiger partial charge in [-0.3, -0.25) is 10.2 Å². The van der Waals surface area contributed by atoms with Gasteiger partial charge in [-0.1, -0.05) is 17.7 Å². The van der Waals surface area contributed by atoms with Gasteiger partial charge in [0, 0.05) is 10.6 Å². The van der Waals surface area contributed by atoms with E-state index in [0.717, 1.165) is 18.2 Å². The van der Waals surface area contributed by atoms with Crippen LogP contribution in [-0.4, -0.2) is 14.3 Å². The van der Waals surface area contributed by atoms with Crippen LogP contribution in [0.15, 0.2) is 53.4 Å². The minimum atomic E-state index is -4.68. The molecule has 2 rings (SSSR count). The molecular weight excluding hydrogens is 369 g/mol. The minimum Gasteiger partial charge on any atom is -0.273 e. The molecule has 0 aliphatic heterocycles. The monoisotopic (exact) mass is 378 g/mol. The van der Waals surface area contributed by atoms with E-state index in [9.17, 15) is 26.4 Å². The van der Waals surface area contributed by atoms with Crippen molar-refractivity contribution in [1.29, 1.82) is 0 Å². The molecule has 0 aromatic heterocycles. The van der Waals surface area contributed by atoms with Gasteiger partial charge in [0.25, 0.3) is 15.9 Å². The second-order valence-electron chi connectivity index (χ2n) is 4.59. The fourth-order valence-corrected chi connectivity index (χ4v) is 2.70. The predicted molar refractivity (Wildman–Crippen MR) is 80.7 cm³/mol. The molecule has 0 aliphatic rings. The summed E-state index contributed by atoms with van der Waals surface area (Å²) >= 11 is 5.66. The second kappa shape index (κ2) is 6.80. The van der Waals surface area contributed by atoms with Crippen molar-refractivity contribution in [1.82, 2.24) is 10.3 Å². The van der Waals surface area contributed by atoms with Crippen LogP contribution in [0.5, 0.6) is 0 Å². The largest absolute Gasteiger partial charge is 0.416 e. The van der Waals surface area contributed by atoms with Gasteiger partial charge in [0.1, 0.15) is 0 Å². The van der Waals surface area contributed by atoms with Crippen LogP contribution < -0.4 is 10.3 Å². The highest BCUT2D eigenvalue weighted by molar-refractivity contribution is 7.89. The number of hydrazine groups is 1. The molecule has 0 saturated carbocycles. The Morgan fingerprint density at radius 2 is 1.67 bits per heavy atom. The molecule has 0 spiro atoms. The third kappa shape index (κ3) is 4.47. The van der Waals surface area contributed by atoms with Crippen molar-refractivity contribution in [3.8, 4) is 0 Å². The zero-order valence-corrected chi connectivity index (χ0v) is 13.3. The summed E-state index contributed by atoms with van der Waals surface area (Å²) in [5.41, 5.74) is 0.915. The number of rotatable bonds is 4. The summed E-state index contributed by atoms with van der Waals surface area (Å²) in [4.78, 5) is 12.9. The predicted octanol–water partition coefficient (Wildman–Crippen LogP) is 2.98. The lowest BCUT2D eigenvalue weighted by atomic mass is 10.2. The van der Waals surface area contributed by atoms with E-state index in [-0.39, 0.29) is 5.56 Å². The molecule has 0 fully saturated rings. The van der Waals surface area contributed by atoms with Gasteiger partial charge in [0.05, 0.1) is 10.5 Å². The van der Waals surface area contributed by atoms with Crippen molar-refractivity contribution in [2.75, 3.05) is 0 Å². The molecule has 0 radical (unpaired) electrons. The number of hydrogen-bond acceptors (Lipinski definition) is 3. The molecule has 10 heteroatoms. The Morgan fingerprint density at radius 3 is 2.25 bits per heavy atom. The topological polar surface area (TPSA) is 75.3 Å². The lowest BCUT2D eigenvalue weighted by Gasteiger charge is -2.11. The first-order valence-corrected chi connectivity index (χ1v) is 8.21. The fraction of sp³-hybridized carbons (Fsp3) is 0.0714. The van der Waals surface area contributed by atoms with Crippen LogP contribution in [-0.2, 0) is 16.2 Å². The third-order valence-electron chi connectivity index (χ3n) is 2.88. The van der Waals surface area contributed by atoms with Crippen molar-refractivity contribution >= 4 is 27.5 Å². The summed E-state index contributed by atoms with van der Waals surface area (Å²) in [6, 6.07) is 8.72. The Balaban J connectivity index is 2.14. The van der Waals surface area contributed by atoms with E-state index >= 15 is 0 Å². The minimum absolute atomic E-state index is 0.117. The molecule has 0 atom stereocenters. The maximum atomic E-state index is 12.6. The summed E-state index contributed by atoms with van der Waals surface area (Å²) in [6.45, 7) is 0. The van der Waals surface area contributed by atoms with Crippen molar-refractivity contribution in [2.45, 2.75) is 11.1 Å². The van der Waals surface area contributed by atoms with E-state index in [1.807, 2.05) is 5.43 Å². The van der Waals surface area contributed by atoms with E-state index in [1.165, 1.54) is 24.3 Å². The zero-order chi connectivity index (χ0) is 18.0. The average molecular weight is 379 g/mol. The average Bonchev–Trinajstić information content (AvgIpc) is 2.53. The van der Waals surface area contributed by atoms with E-state index in [2.05, 4.69) is 0 Å². The first-order valence-electron chi connectivity index (χ1n) is 6.34. The standard InChI is InChI=1S/C14H10ClF3N2O3S/c15-11-6-4-9(5-7-11)13(21)19-20-24(22,23)12-3-1-2-10(8-12)14(16,17)18/h1-8,20H,(H,19,21). The molecule has 128 valence electrons. The van der Waals surface area contributed by atoms with E-state index in [4.69, 9.17) is 11.6 Å². The number of hydrogen-bond donors (Lipinski definition) is 2. The van der Waals surface area contributed by atoms with Crippen LogP contribution in [0.25, 0.3) is 0 Å². The van der Waals surface area contributed by atoms with Gasteiger partial charge >= 0.3 is 6.18 Å². The number of benzene rings is 2. The highest BCUT2D eigenvalue weighted by Gasteiger charge is 2.31. The number of carbonyl (C=O) groups is 1. The first-order chi connectivity index (χ1) is 11.1. The van der Waals surface area contributed by atoms with Crippen LogP contribution in [0, 0.1) is 0 Å². The first kappa shape index (κ1) is 18.2. The van der Waals surface area contributed by atoms with Crippen LogP contribution >= 0.6 is 11.6 Å². The molecule has 2 N–H and O–H groups in total. The fourth-order valence-electron chi connectivity index (χ4n) is 1.69. The summed E-state index contributed by atoms with van der Waals surface area (Å²) in [7, 11) is -4.36. The Labute approximate surface area is 140 Å². The van der Waals surface area contributed by atoms with Gasteiger partial charge in [-0.05, 0) is 42.5 Å². The molecular formula is C14H10ClF3N2O3S. The van der Waals surface area contributed by atoms with Gasteiger partial charge in [0.15, 0.2) is 0 Å². The van der Waals surface area contributed by atoms with Gasteiger partial charge in [-0.15, -0.1) is 4.83 Å². The summed E-state index contributed by atoms with van der Waals surface area (Å²) in [5, 5.41) is 0.385. The Morgan fingerprint density at radius 1 is 1.04 bits per heavy atom. The lowest BCUT2D eigenvalue weighted by molar-refractivity contribution is -0.137. The van der Waals surface area contributed by atoms with E-state index in [0.29, 0.717) is 11.1 Å². The number of halogens is 4. The molecule has 0 aliphatic carbocycles. The van der Waals surface area contributed by atoms with Crippen molar-refractivity contribution in [2.24, 2.45) is 0 Å². The molecule has 1 amide bonds. The number of amides is 1. The second-order valence-corrected chi connectivity index (χ2v) is 6.71. The smallest absolute Gasteiger partial charge is 0.273 e. The molecule has 0 unspecified atom stereocenters. The highest BCUT2D eigenvalue weighted by atomic mass is 35.5. The summed E-state index contributed by atoms with van der Waals surface area (Å²) in [5.74, 6) is -0.790. The van der Waals surface area contributed by atoms with E-state index < -0.39 is 32.6 Å². The Bertz CT molecular complexity index is 852. The SMILES string of the molecule is O=C(NNS(=O)(=O)c1cccc(C(F)(F)F)c1)c1ccc(Cl)cc1. The number of nitrogens with one attached hydrogen (secondary N) is 2. The van der Waals surface area contributed by atoms with Crippen molar-refractivity contribution < 1.29 is 26.4 Å². The quantitative estimate of drug-likeness (QED) is 0.803. The number of alkyl halides is 3. The Kier molecular flexibility index (Phi) is 5.16. The maximum Gasteiger partial charge on any atom is 0.416 e. The van der Waals surface area contributed by atoms with Gasteiger partial charge in [0.2, 0.25) is 0 Å². The highest BCUT2D eigenvalue weighted by Crippen LogP contribution is 2.30. The van der Waals surface area contributed by atoms with Gasteiger partial charge < -0.3 is 0 Å². The van der Waals surface area contributed by atoms with Crippen molar-refractivity contribution in [3.05, 3.63) is 64.7 Å². The molecule has 5 nitrogen and oxygen atoms in total. The number of sulfonamides is 1. The molecule has 0 saturated heterocycles. The number of carbonyl (C=O) groups excluding carboxylic acids is 1. The molecule has 2 aromatic rings. The van der Waals surface area contributed by atoms with Gasteiger partial charge in [-0.25, -0.2) is 8.42 Å². The third-order valence-corrected chi connectivity index (χ3v) is 4.37. The zero-order valence-electron chi connectivity index (χ0n) is 11.8. The van der Waals surface area contributed by atoms with E-state index in [1.54, 1.807) is 4.83 Å². The molecule has 0 heterocycles. The molecule has 24 heavy (non-hydrogen) atoms. The van der Waals surface area contributed by atoms with Gasteiger partial charge in [-0.2, -0.15) is 13.2 Å². The normalized spacial score (nSPS) is 12.0. The maximum absolute atomic E-state index is 12.6. The lowest BCUT2D eigenvalue weighted by Crippen LogP contribution is -2.41.